The first kappa shape index (κ1) is 10.2. The molecule has 0 aliphatic heterocycles. The molecule has 14 heavy (non-hydrogen) atoms. The van der Waals surface area contributed by atoms with Crippen LogP contribution in [0, 0.1) is 23.7 Å². The van der Waals surface area contributed by atoms with Crippen LogP contribution in [0.1, 0.15) is 52.4 Å². The Bertz CT molecular complexity index is 221. The minimum Gasteiger partial charge on any atom is -0.299 e. The Kier molecular flexibility index (Phi) is 2.94. The molecule has 0 N–H and O–H groups in total. The second-order valence-corrected chi connectivity index (χ2v) is 5.49. The van der Waals surface area contributed by atoms with Crippen molar-refractivity contribution in [2.75, 3.05) is 0 Å². The smallest absolute Gasteiger partial charge is 0.136 e. The van der Waals surface area contributed by atoms with Gasteiger partial charge in [-0.3, -0.25) is 4.79 Å². The van der Waals surface area contributed by atoms with E-state index < -0.39 is 0 Å². The number of carbonyl (C=O) groups is 1. The van der Waals surface area contributed by atoms with Gasteiger partial charge in [0, 0.05) is 12.3 Å². The lowest BCUT2D eigenvalue weighted by Crippen LogP contribution is -2.28. The van der Waals surface area contributed by atoms with E-state index in [0.717, 1.165) is 30.6 Å². The molecule has 1 heteroatoms. The van der Waals surface area contributed by atoms with Crippen molar-refractivity contribution in [2.45, 2.75) is 52.4 Å². The topological polar surface area (TPSA) is 17.1 Å². The zero-order chi connectivity index (χ0) is 10.1. The van der Waals surface area contributed by atoms with Crippen molar-refractivity contribution >= 4 is 5.78 Å². The van der Waals surface area contributed by atoms with Gasteiger partial charge in [-0.1, -0.05) is 20.3 Å². The monoisotopic (exact) mass is 194 g/mol. The summed E-state index contributed by atoms with van der Waals surface area (Å²) in [7, 11) is 0. The number of ketones is 1. The fourth-order valence-electron chi connectivity index (χ4n) is 3.30. The van der Waals surface area contributed by atoms with Crippen molar-refractivity contribution in [1.29, 1.82) is 0 Å². The molecule has 0 bridgehead atoms. The molecule has 0 saturated heterocycles. The van der Waals surface area contributed by atoms with E-state index in [1.165, 1.54) is 25.7 Å². The molecule has 0 aromatic rings. The Hall–Kier alpha value is -0.330. The van der Waals surface area contributed by atoms with E-state index in [0.29, 0.717) is 11.7 Å². The van der Waals surface area contributed by atoms with E-state index in [-0.39, 0.29) is 0 Å². The van der Waals surface area contributed by atoms with Crippen molar-refractivity contribution in [3.63, 3.8) is 0 Å². The van der Waals surface area contributed by atoms with E-state index in [2.05, 4.69) is 13.8 Å². The molecule has 2 fully saturated rings. The summed E-state index contributed by atoms with van der Waals surface area (Å²) < 4.78 is 0. The number of hydrogen-bond acceptors (Lipinski definition) is 1. The van der Waals surface area contributed by atoms with Gasteiger partial charge in [-0.25, -0.2) is 0 Å². The quantitative estimate of drug-likeness (QED) is 0.625. The normalized spacial score (nSPS) is 44.3. The third-order valence-corrected chi connectivity index (χ3v) is 4.56. The number of hydrogen-bond donors (Lipinski definition) is 0. The van der Waals surface area contributed by atoms with E-state index in [9.17, 15) is 4.79 Å². The Morgan fingerprint density at radius 3 is 2.43 bits per heavy atom. The highest BCUT2D eigenvalue weighted by molar-refractivity contribution is 5.83. The van der Waals surface area contributed by atoms with Crippen LogP contribution in [0.4, 0.5) is 0 Å². The predicted octanol–water partition coefficient (Wildman–Crippen LogP) is 3.43. The van der Waals surface area contributed by atoms with E-state index in [1.54, 1.807) is 0 Å². The molecule has 2 aliphatic carbocycles. The first-order valence-corrected chi connectivity index (χ1v) is 6.21. The molecule has 2 rings (SSSR count). The lowest BCUT2D eigenvalue weighted by atomic mass is 9.70. The number of Topliss-reactive ketones (excluding diaryl/α,β-unsaturated/α-hetero) is 1. The highest BCUT2D eigenvalue weighted by Gasteiger charge is 2.35. The lowest BCUT2D eigenvalue weighted by Gasteiger charge is -2.34. The van der Waals surface area contributed by atoms with Crippen molar-refractivity contribution in [1.82, 2.24) is 0 Å². The first-order valence-electron chi connectivity index (χ1n) is 6.21. The van der Waals surface area contributed by atoms with Crippen molar-refractivity contribution in [3.05, 3.63) is 0 Å². The summed E-state index contributed by atoms with van der Waals surface area (Å²) in [5, 5.41) is 0. The predicted molar refractivity (Wildman–Crippen MR) is 58.0 cm³/mol. The van der Waals surface area contributed by atoms with Crippen LogP contribution in [-0.4, -0.2) is 5.78 Å². The van der Waals surface area contributed by atoms with Crippen molar-refractivity contribution in [3.8, 4) is 0 Å². The van der Waals surface area contributed by atoms with Gasteiger partial charge in [0.1, 0.15) is 5.78 Å². The molecule has 0 aromatic carbocycles. The summed E-state index contributed by atoms with van der Waals surface area (Å²) in [6.45, 7) is 4.72. The van der Waals surface area contributed by atoms with Gasteiger partial charge >= 0.3 is 0 Å². The largest absolute Gasteiger partial charge is 0.299 e. The highest BCUT2D eigenvalue weighted by Crippen LogP contribution is 2.41. The molecule has 1 nitrogen and oxygen atoms in total. The second kappa shape index (κ2) is 4.04. The molecule has 4 unspecified atom stereocenters. The average molecular weight is 194 g/mol. The summed E-state index contributed by atoms with van der Waals surface area (Å²) in [6.07, 6.45) is 7.16. The maximum absolute atomic E-state index is 11.7. The van der Waals surface area contributed by atoms with Gasteiger partial charge in [0.05, 0.1) is 0 Å². The van der Waals surface area contributed by atoms with Gasteiger partial charge in [-0.15, -0.1) is 0 Å². The molecule has 0 aromatic heterocycles. The third kappa shape index (κ3) is 1.87. The van der Waals surface area contributed by atoms with Gasteiger partial charge in [0.25, 0.3) is 0 Å². The standard InChI is InChI=1S/C13H22O/c1-9-6-7-11(8-10(9)2)12-4-3-5-13(12)14/h9-12H,3-8H2,1-2H3. The van der Waals surface area contributed by atoms with Gasteiger partial charge in [-0.2, -0.15) is 0 Å². The fourth-order valence-corrected chi connectivity index (χ4v) is 3.30. The molecular weight excluding hydrogens is 172 g/mol. The molecule has 0 spiro atoms. The maximum atomic E-state index is 11.7. The number of rotatable bonds is 1. The molecule has 0 amide bonds. The van der Waals surface area contributed by atoms with Crippen molar-refractivity contribution < 1.29 is 4.79 Å². The zero-order valence-electron chi connectivity index (χ0n) is 9.46. The highest BCUT2D eigenvalue weighted by atomic mass is 16.1. The summed E-state index contributed by atoms with van der Waals surface area (Å²) in [5.74, 6) is 3.46. The van der Waals surface area contributed by atoms with Crippen LogP contribution in [0.25, 0.3) is 0 Å². The molecule has 0 heterocycles. The zero-order valence-corrected chi connectivity index (χ0v) is 9.46. The van der Waals surface area contributed by atoms with Crippen LogP contribution >= 0.6 is 0 Å². The van der Waals surface area contributed by atoms with Crippen LogP contribution in [0.2, 0.25) is 0 Å². The molecule has 2 saturated carbocycles. The Morgan fingerprint density at radius 1 is 1.07 bits per heavy atom. The summed E-state index contributed by atoms with van der Waals surface area (Å²) in [5.41, 5.74) is 0. The van der Waals surface area contributed by atoms with Crippen LogP contribution in [0.15, 0.2) is 0 Å². The Morgan fingerprint density at radius 2 is 1.86 bits per heavy atom. The van der Waals surface area contributed by atoms with Gasteiger partial charge < -0.3 is 0 Å². The fraction of sp³-hybridized carbons (Fsp3) is 0.923. The van der Waals surface area contributed by atoms with E-state index in [4.69, 9.17) is 0 Å². The van der Waals surface area contributed by atoms with Gasteiger partial charge in [0.2, 0.25) is 0 Å². The van der Waals surface area contributed by atoms with Crippen LogP contribution < -0.4 is 0 Å². The molecule has 2 aliphatic rings. The molecule has 0 radical (unpaired) electrons. The minimum absolute atomic E-state index is 0.449. The van der Waals surface area contributed by atoms with E-state index >= 15 is 0 Å². The van der Waals surface area contributed by atoms with Crippen LogP contribution in [-0.2, 0) is 4.79 Å². The van der Waals surface area contributed by atoms with Crippen LogP contribution in [0.3, 0.4) is 0 Å². The molecule has 80 valence electrons. The second-order valence-electron chi connectivity index (χ2n) is 5.49. The first-order chi connectivity index (χ1) is 6.68. The van der Waals surface area contributed by atoms with Crippen LogP contribution in [0.5, 0.6) is 0 Å². The average Bonchev–Trinajstić information content (AvgIpc) is 2.57. The summed E-state index contributed by atoms with van der Waals surface area (Å²) in [4.78, 5) is 11.7. The molecular formula is C13H22O. The minimum atomic E-state index is 0.449. The van der Waals surface area contributed by atoms with E-state index in [1.807, 2.05) is 0 Å². The Labute approximate surface area is 87.3 Å². The molecule has 4 atom stereocenters. The van der Waals surface area contributed by atoms with Gasteiger partial charge in [0.15, 0.2) is 0 Å². The number of carbonyl (C=O) groups excluding carboxylic acids is 1. The Balaban J connectivity index is 1.95. The SMILES string of the molecule is CC1CCC(C2CCCC2=O)CC1C. The van der Waals surface area contributed by atoms with Gasteiger partial charge in [-0.05, 0) is 43.4 Å². The third-order valence-electron chi connectivity index (χ3n) is 4.56. The summed E-state index contributed by atoms with van der Waals surface area (Å²) >= 11 is 0. The maximum Gasteiger partial charge on any atom is 0.136 e. The summed E-state index contributed by atoms with van der Waals surface area (Å²) in [6, 6.07) is 0. The van der Waals surface area contributed by atoms with Crippen molar-refractivity contribution in [2.24, 2.45) is 23.7 Å². The lowest BCUT2D eigenvalue weighted by molar-refractivity contribution is -0.122.